The molecule has 0 aliphatic heterocycles. The topological polar surface area (TPSA) is 55.4 Å². The Labute approximate surface area is 130 Å². The SMILES string of the molecule is CC(=O)c1ccc(OCCCC(=O)Nc2ccccc2)cc1. The van der Waals surface area contributed by atoms with Gasteiger partial charge in [0.1, 0.15) is 5.75 Å². The molecule has 0 spiro atoms. The number of ketones is 1. The van der Waals surface area contributed by atoms with Crippen molar-refractivity contribution in [2.75, 3.05) is 11.9 Å². The van der Waals surface area contributed by atoms with E-state index in [9.17, 15) is 9.59 Å². The van der Waals surface area contributed by atoms with Crippen molar-refractivity contribution < 1.29 is 14.3 Å². The second kappa shape index (κ2) is 7.98. The Morgan fingerprint density at radius 2 is 1.68 bits per heavy atom. The molecule has 0 saturated carbocycles. The number of para-hydroxylation sites is 1. The number of amides is 1. The summed E-state index contributed by atoms with van der Waals surface area (Å²) in [5.74, 6) is 0.708. The Bertz CT molecular complexity index is 621. The molecule has 4 heteroatoms. The van der Waals surface area contributed by atoms with Gasteiger partial charge < -0.3 is 10.1 Å². The normalized spacial score (nSPS) is 10.0. The van der Waals surface area contributed by atoms with Gasteiger partial charge in [-0.1, -0.05) is 18.2 Å². The van der Waals surface area contributed by atoms with Gasteiger partial charge in [0.2, 0.25) is 5.91 Å². The average molecular weight is 297 g/mol. The maximum Gasteiger partial charge on any atom is 0.224 e. The molecule has 2 aromatic carbocycles. The smallest absolute Gasteiger partial charge is 0.224 e. The predicted molar refractivity (Wildman–Crippen MR) is 86.2 cm³/mol. The number of ether oxygens (including phenoxy) is 1. The molecule has 0 heterocycles. The average Bonchev–Trinajstić information content (AvgIpc) is 2.53. The first-order valence-electron chi connectivity index (χ1n) is 7.24. The molecule has 0 radical (unpaired) electrons. The van der Waals surface area contributed by atoms with Crippen LogP contribution in [0.15, 0.2) is 54.6 Å². The third-order valence-corrected chi connectivity index (χ3v) is 3.14. The van der Waals surface area contributed by atoms with E-state index in [4.69, 9.17) is 4.74 Å². The van der Waals surface area contributed by atoms with E-state index in [0.29, 0.717) is 30.8 Å². The van der Waals surface area contributed by atoms with Crippen molar-refractivity contribution in [3.63, 3.8) is 0 Å². The minimum atomic E-state index is -0.0262. The van der Waals surface area contributed by atoms with E-state index in [1.165, 1.54) is 6.92 Å². The molecule has 2 aromatic rings. The minimum absolute atomic E-state index is 0.0262. The number of carbonyl (C=O) groups is 2. The molecule has 2 rings (SSSR count). The minimum Gasteiger partial charge on any atom is -0.494 e. The van der Waals surface area contributed by atoms with Crippen molar-refractivity contribution in [3.8, 4) is 5.75 Å². The van der Waals surface area contributed by atoms with Crippen LogP contribution in [0.4, 0.5) is 5.69 Å². The lowest BCUT2D eigenvalue weighted by Gasteiger charge is -2.07. The zero-order valence-corrected chi connectivity index (χ0v) is 12.5. The maximum atomic E-state index is 11.7. The van der Waals surface area contributed by atoms with Gasteiger partial charge in [0.05, 0.1) is 6.61 Å². The monoisotopic (exact) mass is 297 g/mol. The highest BCUT2D eigenvalue weighted by atomic mass is 16.5. The van der Waals surface area contributed by atoms with Gasteiger partial charge in [0, 0.05) is 17.7 Å². The van der Waals surface area contributed by atoms with E-state index in [1.807, 2.05) is 30.3 Å². The van der Waals surface area contributed by atoms with Crippen LogP contribution in [0.25, 0.3) is 0 Å². The lowest BCUT2D eigenvalue weighted by Crippen LogP contribution is -2.12. The fraction of sp³-hybridized carbons (Fsp3) is 0.222. The number of rotatable bonds is 7. The van der Waals surface area contributed by atoms with Crippen LogP contribution >= 0.6 is 0 Å². The van der Waals surface area contributed by atoms with Gasteiger partial charge in [-0.25, -0.2) is 0 Å². The molecule has 0 saturated heterocycles. The van der Waals surface area contributed by atoms with E-state index in [-0.39, 0.29) is 11.7 Å². The Kier molecular flexibility index (Phi) is 5.72. The zero-order chi connectivity index (χ0) is 15.8. The van der Waals surface area contributed by atoms with Gasteiger partial charge in [0.25, 0.3) is 0 Å². The number of carbonyl (C=O) groups excluding carboxylic acids is 2. The quantitative estimate of drug-likeness (QED) is 0.626. The summed E-state index contributed by atoms with van der Waals surface area (Å²) in [5.41, 5.74) is 1.46. The van der Waals surface area contributed by atoms with Gasteiger partial charge in [-0.2, -0.15) is 0 Å². The van der Waals surface area contributed by atoms with Gasteiger partial charge in [-0.05, 0) is 49.7 Å². The summed E-state index contributed by atoms with van der Waals surface area (Å²) in [6, 6.07) is 16.4. The number of anilines is 1. The molecule has 0 atom stereocenters. The standard InChI is InChI=1S/C18H19NO3/c1-14(20)15-9-11-17(12-10-15)22-13-5-8-18(21)19-16-6-3-2-4-7-16/h2-4,6-7,9-12H,5,8,13H2,1H3,(H,19,21). The molecule has 0 aromatic heterocycles. The van der Waals surface area contributed by atoms with Crippen molar-refractivity contribution >= 4 is 17.4 Å². The van der Waals surface area contributed by atoms with Crippen molar-refractivity contribution in [3.05, 3.63) is 60.2 Å². The summed E-state index contributed by atoms with van der Waals surface area (Å²) >= 11 is 0. The highest BCUT2D eigenvalue weighted by Gasteiger charge is 2.03. The van der Waals surface area contributed by atoms with E-state index in [1.54, 1.807) is 24.3 Å². The lowest BCUT2D eigenvalue weighted by molar-refractivity contribution is -0.116. The molecule has 0 unspecified atom stereocenters. The van der Waals surface area contributed by atoms with E-state index in [2.05, 4.69) is 5.32 Å². The number of hydrogen-bond donors (Lipinski definition) is 1. The van der Waals surface area contributed by atoms with Crippen LogP contribution in [0.2, 0.25) is 0 Å². The number of nitrogens with one attached hydrogen (secondary N) is 1. The van der Waals surface area contributed by atoms with Crippen LogP contribution in [0, 0.1) is 0 Å². The largest absolute Gasteiger partial charge is 0.494 e. The Balaban J connectivity index is 1.68. The summed E-state index contributed by atoms with van der Waals surface area (Å²) in [7, 11) is 0. The number of hydrogen-bond acceptors (Lipinski definition) is 3. The molecular weight excluding hydrogens is 278 g/mol. The van der Waals surface area contributed by atoms with Gasteiger partial charge in [-0.15, -0.1) is 0 Å². The van der Waals surface area contributed by atoms with E-state index >= 15 is 0 Å². The zero-order valence-electron chi connectivity index (χ0n) is 12.5. The maximum absolute atomic E-state index is 11.7. The molecular formula is C18H19NO3. The van der Waals surface area contributed by atoms with Gasteiger partial charge in [0.15, 0.2) is 5.78 Å². The van der Waals surface area contributed by atoms with Crippen LogP contribution in [0.5, 0.6) is 5.75 Å². The first-order valence-corrected chi connectivity index (χ1v) is 7.24. The Morgan fingerprint density at radius 3 is 2.32 bits per heavy atom. The molecule has 0 fully saturated rings. The number of Topliss-reactive ketones (excluding diaryl/α,β-unsaturated/α-hetero) is 1. The molecule has 4 nitrogen and oxygen atoms in total. The highest BCUT2D eigenvalue weighted by Crippen LogP contribution is 2.13. The molecule has 114 valence electrons. The second-order valence-electron chi connectivity index (χ2n) is 4.95. The van der Waals surface area contributed by atoms with E-state index in [0.717, 1.165) is 5.69 Å². The Morgan fingerprint density at radius 1 is 1.00 bits per heavy atom. The molecule has 1 amide bonds. The molecule has 0 aliphatic rings. The van der Waals surface area contributed by atoms with Crippen molar-refractivity contribution in [2.45, 2.75) is 19.8 Å². The van der Waals surface area contributed by atoms with Crippen molar-refractivity contribution in [1.82, 2.24) is 0 Å². The van der Waals surface area contributed by atoms with Crippen molar-refractivity contribution in [2.24, 2.45) is 0 Å². The third kappa shape index (κ3) is 5.05. The van der Waals surface area contributed by atoms with Crippen LogP contribution in [-0.2, 0) is 4.79 Å². The first kappa shape index (κ1) is 15.8. The Hall–Kier alpha value is -2.62. The van der Waals surface area contributed by atoms with Crippen molar-refractivity contribution in [1.29, 1.82) is 0 Å². The van der Waals surface area contributed by atoms with Crippen LogP contribution in [0.3, 0.4) is 0 Å². The summed E-state index contributed by atoms with van der Waals surface area (Å²) < 4.78 is 5.55. The summed E-state index contributed by atoms with van der Waals surface area (Å²) in [4.78, 5) is 22.9. The van der Waals surface area contributed by atoms with Gasteiger partial charge in [-0.3, -0.25) is 9.59 Å². The fourth-order valence-electron chi connectivity index (χ4n) is 1.95. The summed E-state index contributed by atoms with van der Waals surface area (Å²) in [5, 5.41) is 2.83. The predicted octanol–water partition coefficient (Wildman–Crippen LogP) is 3.69. The molecule has 22 heavy (non-hydrogen) atoms. The first-order chi connectivity index (χ1) is 10.6. The second-order valence-corrected chi connectivity index (χ2v) is 4.95. The lowest BCUT2D eigenvalue weighted by atomic mass is 10.1. The van der Waals surface area contributed by atoms with Crippen LogP contribution in [0.1, 0.15) is 30.1 Å². The highest BCUT2D eigenvalue weighted by molar-refractivity contribution is 5.94. The van der Waals surface area contributed by atoms with Crippen LogP contribution < -0.4 is 10.1 Å². The van der Waals surface area contributed by atoms with Crippen LogP contribution in [-0.4, -0.2) is 18.3 Å². The number of benzene rings is 2. The fourth-order valence-corrected chi connectivity index (χ4v) is 1.95. The molecule has 1 N–H and O–H groups in total. The summed E-state index contributed by atoms with van der Waals surface area (Å²) in [6.07, 6.45) is 1.04. The van der Waals surface area contributed by atoms with E-state index < -0.39 is 0 Å². The van der Waals surface area contributed by atoms with Gasteiger partial charge >= 0.3 is 0 Å². The third-order valence-electron chi connectivity index (χ3n) is 3.14. The molecule has 0 aliphatic carbocycles. The summed E-state index contributed by atoms with van der Waals surface area (Å²) in [6.45, 7) is 1.99. The molecule has 0 bridgehead atoms.